The molecule has 0 bridgehead atoms. The summed E-state index contributed by atoms with van der Waals surface area (Å²) in [5.74, 6) is -1.21. The maximum Gasteiger partial charge on any atom is 0.407 e. The van der Waals surface area contributed by atoms with Crippen LogP contribution in [0.2, 0.25) is 0 Å². The molecule has 0 aromatic heterocycles. The molecule has 2 amide bonds. The van der Waals surface area contributed by atoms with Crippen LogP contribution in [0.1, 0.15) is 49.7 Å². The van der Waals surface area contributed by atoms with E-state index in [2.05, 4.69) is 29.6 Å². The van der Waals surface area contributed by atoms with Crippen molar-refractivity contribution in [3.63, 3.8) is 0 Å². The molecule has 1 heterocycles. The molecule has 186 valence electrons. The van der Waals surface area contributed by atoms with Gasteiger partial charge in [0.05, 0.1) is 6.10 Å². The summed E-state index contributed by atoms with van der Waals surface area (Å²) in [5, 5.41) is 12.2. The van der Waals surface area contributed by atoms with E-state index in [4.69, 9.17) is 9.47 Å². The number of carbonyl (C=O) groups excluding carboxylic acids is 2. The van der Waals surface area contributed by atoms with Gasteiger partial charge in [-0.1, -0.05) is 48.5 Å². The summed E-state index contributed by atoms with van der Waals surface area (Å²) >= 11 is 0. The summed E-state index contributed by atoms with van der Waals surface area (Å²) in [5.41, 5.74) is 4.67. The first-order valence-electron chi connectivity index (χ1n) is 12.1. The van der Waals surface area contributed by atoms with Gasteiger partial charge in [0.2, 0.25) is 5.91 Å². The third-order valence-electron chi connectivity index (χ3n) is 6.94. The van der Waals surface area contributed by atoms with Crippen LogP contribution in [0.5, 0.6) is 0 Å². The van der Waals surface area contributed by atoms with Gasteiger partial charge in [-0.15, -0.1) is 0 Å². The number of likely N-dealkylation sites (tertiary alicyclic amines) is 1. The van der Waals surface area contributed by atoms with Crippen LogP contribution in [0.25, 0.3) is 11.1 Å². The lowest BCUT2D eigenvalue weighted by Crippen LogP contribution is -2.40. The Morgan fingerprint density at radius 3 is 2.31 bits per heavy atom. The number of hydrogen-bond donors (Lipinski definition) is 2. The van der Waals surface area contributed by atoms with Gasteiger partial charge in [0.1, 0.15) is 12.6 Å². The molecule has 2 aromatic rings. The molecule has 1 aliphatic carbocycles. The van der Waals surface area contributed by atoms with Gasteiger partial charge in [-0.3, -0.25) is 4.79 Å². The Morgan fingerprint density at radius 2 is 1.71 bits per heavy atom. The van der Waals surface area contributed by atoms with Gasteiger partial charge in [-0.05, 0) is 42.0 Å². The second-order valence-corrected chi connectivity index (χ2v) is 9.26. The zero-order chi connectivity index (χ0) is 24.9. The highest BCUT2D eigenvalue weighted by Crippen LogP contribution is 2.44. The van der Waals surface area contributed by atoms with E-state index in [1.54, 1.807) is 0 Å². The van der Waals surface area contributed by atoms with Gasteiger partial charge in [0, 0.05) is 38.5 Å². The number of carbonyl (C=O) groups is 3. The minimum atomic E-state index is -1.01. The first kappa shape index (κ1) is 24.7. The van der Waals surface area contributed by atoms with Crippen LogP contribution in [-0.4, -0.2) is 66.4 Å². The molecule has 1 fully saturated rings. The predicted octanol–water partition coefficient (Wildman–Crippen LogP) is 3.78. The maximum absolute atomic E-state index is 12.6. The molecular weight excluding hydrogens is 448 g/mol. The van der Waals surface area contributed by atoms with Gasteiger partial charge in [0.25, 0.3) is 0 Å². The topological polar surface area (TPSA) is 105 Å². The molecule has 0 radical (unpaired) electrons. The number of alkyl carbamates (subject to hydrolysis) is 1. The summed E-state index contributed by atoms with van der Waals surface area (Å²) in [6, 6.07) is 15.3. The molecule has 8 nitrogen and oxygen atoms in total. The first-order valence-corrected chi connectivity index (χ1v) is 12.1. The lowest BCUT2D eigenvalue weighted by atomic mass is 9.98. The molecule has 8 heteroatoms. The molecule has 2 aliphatic rings. The summed E-state index contributed by atoms with van der Waals surface area (Å²) in [7, 11) is 1.52. The number of rotatable bonds is 9. The van der Waals surface area contributed by atoms with E-state index in [1.165, 1.54) is 23.1 Å². The molecule has 4 rings (SSSR count). The highest BCUT2D eigenvalue weighted by Gasteiger charge is 2.39. The Bertz CT molecular complexity index is 1040. The minimum absolute atomic E-state index is 0.000328. The fraction of sp³-hybridized carbons (Fsp3) is 0.444. The van der Waals surface area contributed by atoms with Gasteiger partial charge >= 0.3 is 12.1 Å². The number of benzene rings is 2. The number of hydrogen-bond acceptors (Lipinski definition) is 5. The predicted molar refractivity (Wildman–Crippen MR) is 130 cm³/mol. The van der Waals surface area contributed by atoms with Crippen molar-refractivity contribution in [2.75, 3.05) is 20.3 Å². The lowest BCUT2D eigenvalue weighted by Gasteiger charge is -2.22. The second-order valence-electron chi connectivity index (χ2n) is 9.26. The number of nitrogens with one attached hydrogen (secondary N) is 1. The average molecular weight is 481 g/mol. The van der Waals surface area contributed by atoms with Crippen molar-refractivity contribution >= 4 is 18.0 Å². The minimum Gasteiger partial charge on any atom is -0.480 e. The average Bonchev–Trinajstić information content (AvgIpc) is 3.43. The highest BCUT2D eigenvalue weighted by atomic mass is 16.5. The van der Waals surface area contributed by atoms with E-state index in [0.717, 1.165) is 11.1 Å². The van der Waals surface area contributed by atoms with Crippen LogP contribution in [0.15, 0.2) is 48.5 Å². The van der Waals surface area contributed by atoms with Crippen LogP contribution < -0.4 is 5.32 Å². The smallest absolute Gasteiger partial charge is 0.407 e. The van der Waals surface area contributed by atoms with Crippen LogP contribution >= 0.6 is 0 Å². The van der Waals surface area contributed by atoms with Gasteiger partial charge in [-0.2, -0.15) is 0 Å². The zero-order valence-corrected chi connectivity index (χ0v) is 20.1. The normalized spacial score (nSPS) is 19.7. The Hall–Kier alpha value is -3.39. The number of methoxy groups -OCH3 is 1. The van der Waals surface area contributed by atoms with E-state index in [0.29, 0.717) is 25.8 Å². The van der Waals surface area contributed by atoms with Gasteiger partial charge < -0.3 is 24.8 Å². The molecule has 35 heavy (non-hydrogen) atoms. The Kier molecular flexibility index (Phi) is 7.70. The van der Waals surface area contributed by atoms with Crippen LogP contribution in [-0.2, 0) is 19.1 Å². The fourth-order valence-electron chi connectivity index (χ4n) is 5.09. The van der Waals surface area contributed by atoms with Gasteiger partial charge in [-0.25, -0.2) is 9.59 Å². The molecule has 0 spiro atoms. The monoisotopic (exact) mass is 480 g/mol. The molecule has 1 saturated heterocycles. The molecule has 3 atom stereocenters. The van der Waals surface area contributed by atoms with E-state index >= 15 is 0 Å². The fourth-order valence-corrected chi connectivity index (χ4v) is 5.09. The number of fused-ring (bicyclic) bond motifs is 3. The van der Waals surface area contributed by atoms with Crippen molar-refractivity contribution < 1.29 is 29.0 Å². The summed E-state index contributed by atoms with van der Waals surface area (Å²) in [4.78, 5) is 37.9. The molecule has 0 saturated carbocycles. The van der Waals surface area contributed by atoms with Gasteiger partial charge in [0.15, 0.2) is 0 Å². The summed E-state index contributed by atoms with van der Waals surface area (Å²) < 4.78 is 10.8. The molecule has 2 N–H and O–H groups in total. The van der Waals surface area contributed by atoms with Crippen LogP contribution in [0.4, 0.5) is 4.79 Å². The van der Waals surface area contributed by atoms with E-state index in [-0.39, 0.29) is 37.0 Å². The largest absolute Gasteiger partial charge is 0.480 e. The van der Waals surface area contributed by atoms with Crippen molar-refractivity contribution in [1.82, 2.24) is 10.2 Å². The number of nitrogens with zero attached hydrogens (tertiary/aromatic N) is 1. The van der Waals surface area contributed by atoms with E-state index in [1.807, 2.05) is 31.2 Å². The zero-order valence-electron chi connectivity index (χ0n) is 20.1. The Morgan fingerprint density at radius 1 is 1.09 bits per heavy atom. The van der Waals surface area contributed by atoms with Crippen LogP contribution in [0.3, 0.4) is 0 Å². The number of amides is 2. The Labute approximate surface area is 205 Å². The standard InChI is InChI=1S/C27H32N2O6/c1-17(8-7-13-25(30)29-15-18(34-2)14-24(29)26(31)32)28-27(33)35-16-23-21-11-5-3-9-19(21)20-10-4-6-12-22(20)23/h3-6,9-12,17-18,23-24H,7-8,13-16H2,1-2H3,(H,28,33)(H,31,32). The highest BCUT2D eigenvalue weighted by molar-refractivity contribution is 5.84. The number of ether oxygens (including phenoxy) is 2. The second kappa shape index (κ2) is 10.9. The summed E-state index contributed by atoms with van der Waals surface area (Å²) in [6.45, 7) is 2.40. The molecule has 3 unspecified atom stereocenters. The third-order valence-corrected chi connectivity index (χ3v) is 6.94. The van der Waals surface area contributed by atoms with Crippen molar-refractivity contribution in [2.45, 2.75) is 56.7 Å². The quantitative estimate of drug-likeness (QED) is 0.566. The SMILES string of the molecule is COC1CC(C(=O)O)N(C(=O)CCCC(C)NC(=O)OCC2c3ccccc3-c3ccccc32)C1. The first-order chi connectivity index (χ1) is 16.9. The Balaban J connectivity index is 1.23. The number of aliphatic carboxylic acids is 1. The van der Waals surface area contributed by atoms with Crippen molar-refractivity contribution in [1.29, 1.82) is 0 Å². The van der Waals surface area contributed by atoms with Crippen molar-refractivity contribution in [3.05, 3.63) is 59.7 Å². The third kappa shape index (κ3) is 5.48. The molecule has 1 aliphatic heterocycles. The lowest BCUT2D eigenvalue weighted by molar-refractivity contribution is -0.148. The maximum atomic E-state index is 12.6. The molecule has 2 aromatic carbocycles. The molecular formula is C27H32N2O6. The van der Waals surface area contributed by atoms with Crippen LogP contribution in [0, 0.1) is 0 Å². The van der Waals surface area contributed by atoms with E-state index < -0.39 is 18.1 Å². The van der Waals surface area contributed by atoms with Crippen molar-refractivity contribution in [3.8, 4) is 11.1 Å². The summed E-state index contributed by atoms with van der Waals surface area (Å²) in [6.07, 6.45) is 0.890. The van der Waals surface area contributed by atoms with E-state index in [9.17, 15) is 19.5 Å². The number of carboxylic acid groups (broad SMARTS) is 1. The number of carboxylic acids is 1. The van der Waals surface area contributed by atoms with Crippen molar-refractivity contribution in [2.24, 2.45) is 0 Å².